The summed E-state index contributed by atoms with van der Waals surface area (Å²) >= 11 is 0. The largest absolute Gasteiger partial charge is 0.489 e. The number of amides is 2. The maximum absolute atomic E-state index is 12.6. The predicted octanol–water partition coefficient (Wildman–Crippen LogP) is 1.47. The summed E-state index contributed by atoms with van der Waals surface area (Å²) in [5.41, 5.74) is 1.81. The zero-order valence-corrected chi connectivity index (χ0v) is 14.2. The molecule has 2 aromatic rings. The van der Waals surface area contributed by atoms with Crippen LogP contribution in [0.15, 0.2) is 24.5 Å². The monoisotopic (exact) mass is 330 g/mol. The standard InChI is InChI=1S/C16H22N6O2/c1-4-21-11-18-19-15(21)10-17-16(23)22-7-8-24-14-9-12(20(2)3)5-6-13(14)22/h5-6,9,11H,4,7-8,10H2,1-3H3,(H,17,23). The Morgan fingerprint density at radius 3 is 3.00 bits per heavy atom. The lowest BCUT2D eigenvalue weighted by molar-refractivity contribution is 0.239. The van der Waals surface area contributed by atoms with E-state index in [-0.39, 0.29) is 6.03 Å². The first-order chi connectivity index (χ1) is 11.6. The highest BCUT2D eigenvalue weighted by atomic mass is 16.5. The molecule has 2 heterocycles. The summed E-state index contributed by atoms with van der Waals surface area (Å²) < 4.78 is 7.61. The van der Waals surface area contributed by atoms with Crippen molar-refractivity contribution in [1.29, 1.82) is 0 Å². The maximum Gasteiger partial charge on any atom is 0.322 e. The molecule has 0 atom stereocenters. The maximum atomic E-state index is 12.6. The van der Waals surface area contributed by atoms with E-state index in [9.17, 15) is 4.79 Å². The minimum Gasteiger partial charge on any atom is -0.489 e. The molecule has 128 valence electrons. The van der Waals surface area contributed by atoms with E-state index < -0.39 is 0 Å². The van der Waals surface area contributed by atoms with Crippen LogP contribution in [0.1, 0.15) is 12.7 Å². The van der Waals surface area contributed by atoms with Gasteiger partial charge in [-0.05, 0) is 19.1 Å². The van der Waals surface area contributed by atoms with E-state index in [2.05, 4.69) is 15.5 Å². The average molecular weight is 330 g/mol. The molecule has 1 aliphatic heterocycles. The van der Waals surface area contributed by atoms with Crippen LogP contribution in [0.3, 0.4) is 0 Å². The van der Waals surface area contributed by atoms with Crippen LogP contribution in [-0.4, -0.2) is 48.0 Å². The van der Waals surface area contributed by atoms with Crippen molar-refractivity contribution in [2.75, 3.05) is 37.0 Å². The zero-order chi connectivity index (χ0) is 17.1. The highest BCUT2D eigenvalue weighted by Gasteiger charge is 2.24. The first kappa shape index (κ1) is 16.1. The number of nitrogens with zero attached hydrogens (tertiary/aromatic N) is 5. The molecule has 1 aromatic carbocycles. The Balaban J connectivity index is 1.73. The number of carbonyl (C=O) groups excluding carboxylic acids is 1. The Kier molecular flexibility index (Phi) is 4.54. The van der Waals surface area contributed by atoms with E-state index in [1.165, 1.54) is 0 Å². The van der Waals surface area contributed by atoms with Gasteiger partial charge >= 0.3 is 6.03 Å². The second kappa shape index (κ2) is 6.77. The van der Waals surface area contributed by atoms with Gasteiger partial charge in [0.1, 0.15) is 18.7 Å². The third-order valence-electron chi connectivity index (χ3n) is 4.00. The Labute approximate surface area is 141 Å². The quantitative estimate of drug-likeness (QED) is 0.919. The molecule has 0 fully saturated rings. The van der Waals surface area contributed by atoms with Crippen LogP contribution in [0, 0.1) is 0 Å². The molecule has 0 aliphatic carbocycles. The van der Waals surface area contributed by atoms with Gasteiger partial charge in [-0.1, -0.05) is 0 Å². The Morgan fingerprint density at radius 1 is 1.42 bits per heavy atom. The van der Waals surface area contributed by atoms with E-state index in [4.69, 9.17) is 4.74 Å². The van der Waals surface area contributed by atoms with Gasteiger partial charge in [0.25, 0.3) is 0 Å². The molecule has 0 saturated heterocycles. The number of hydrogen-bond acceptors (Lipinski definition) is 5. The van der Waals surface area contributed by atoms with E-state index in [0.717, 1.165) is 29.5 Å². The van der Waals surface area contributed by atoms with Crippen molar-refractivity contribution >= 4 is 17.4 Å². The Hall–Kier alpha value is -2.77. The fourth-order valence-electron chi connectivity index (χ4n) is 2.63. The molecule has 0 unspecified atom stereocenters. The van der Waals surface area contributed by atoms with Crippen molar-refractivity contribution < 1.29 is 9.53 Å². The summed E-state index contributed by atoms with van der Waals surface area (Å²) in [4.78, 5) is 16.3. The van der Waals surface area contributed by atoms with Crippen LogP contribution in [0.2, 0.25) is 0 Å². The second-order valence-corrected chi connectivity index (χ2v) is 5.74. The minimum atomic E-state index is -0.164. The van der Waals surface area contributed by atoms with Crippen LogP contribution < -0.4 is 19.9 Å². The van der Waals surface area contributed by atoms with Gasteiger partial charge in [-0.3, -0.25) is 4.90 Å². The van der Waals surface area contributed by atoms with Gasteiger partial charge in [-0.2, -0.15) is 0 Å². The van der Waals surface area contributed by atoms with E-state index in [0.29, 0.717) is 19.7 Å². The van der Waals surface area contributed by atoms with Gasteiger partial charge in [0, 0.05) is 32.4 Å². The van der Waals surface area contributed by atoms with Crippen LogP contribution in [0.4, 0.5) is 16.2 Å². The number of urea groups is 1. The third-order valence-corrected chi connectivity index (χ3v) is 4.00. The van der Waals surface area contributed by atoms with E-state index >= 15 is 0 Å². The van der Waals surface area contributed by atoms with Crippen molar-refractivity contribution in [2.45, 2.75) is 20.0 Å². The molecule has 0 radical (unpaired) electrons. The first-order valence-corrected chi connectivity index (χ1v) is 7.96. The fraction of sp³-hybridized carbons (Fsp3) is 0.438. The number of anilines is 2. The third kappa shape index (κ3) is 3.12. The number of carbonyl (C=O) groups is 1. The molecule has 8 nitrogen and oxygen atoms in total. The molecule has 1 aromatic heterocycles. The number of ether oxygens (including phenoxy) is 1. The van der Waals surface area contributed by atoms with Gasteiger partial charge in [0.05, 0.1) is 18.8 Å². The lowest BCUT2D eigenvalue weighted by Crippen LogP contribution is -2.44. The van der Waals surface area contributed by atoms with Gasteiger partial charge in [-0.15, -0.1) is 10.2 Å². The number of nitrogens with one attached hydrogen (secondary N) is 1. The highest BCUT2D eigenvalue weighted by molar-refractivity contribution is 5.94. The molecular weight excluding hydrogens is 308 g/mol. The predicted molar refractivity (Wildman–Crippen MR) is 91.5 cm³/mol. The Bertz CT molecular complexity index is 727. The van der Waals surface area contributed by atoms with Crippen LogP contribution in [0.5, 0.6) is 5.75 Å². The van der Waals surface area contributed by atoms with Crippen LogP contribution in [-0.2, 0) is 13.1 Å². The molecule has 1 N–H and O–H groups in total. The molecule has 0 spiro atoms. The van der Waals surface area contributed by atoms with Crippen molar-refractivity contribution in [3.05, 3.63) is 30.4 Å². The zero-order valence-electron chi connectivity index (χ0n) is 14.2. The summed E-state index contributed by atoms with van der Waals surface area (Å²) in [6, 6.07) is 5.67. The van der Waals surface area contributed by atoms with E-state index in [1.54, 1.807) is 11.2 Å². The molecule has 24 heavy (non-hydrogen) atoms. The molecule has 2 amide bonds. The van der Waals surface area contributed by atoms with Crippen molar-refractivity contribution in [2.24, 2.45) is 0 Å². The average Bonchev–Trinajstić information content (AvgIpc) is 3.06. The van der Waals surface area contributed by atoms with Crippen LogP contribution >= 0.6 is 0 Å². The lowest BCUT2D eigenvalue weighted by Gasteiger charge is -2.30. The number of rotatable bonds is 4. The number of aryl methyl sites for hydroxylation is 1. The molecular formula is C16H22N6O2. The second-order valence-electron chi connectivity index (χ2n) is 5.74. The lowest BCUT2D eigenvalue weighted by atomic mass is 10.2. The summed E-state index contributed by atoms with van der Waals surface area (Å²) in [7, 11) is 3.94. The van der Waals surface area contributed by atoms with Crippen molar-refractivity contribution in [1.82, 2.24) is 20.1 Å². The summed E-state index contributed by atoms with van der Waals surface area (Å²) in [6.07, 6.45) is 1.66. The summed E-state index contributed by atoms with van der Waals surface area (Å²) in [6.45, 7) is 4.11. The summed E-state index contributed by atoms with van der Waals surface area (Å²) in [5, 5.41) is 10.8. The fourth-order valence-corrected chi connectivity index (χ4v) is 2.63. The minimum absolute atomic E-state index is 0.164. The van der Waals surface area contributed by atoms with Gasteiger partial charge in [-0.25, -0.2) is 4.79 Å². The van der Waals surface area contributed by atoms with Gasteiger partial charge in [0.2, 0.25) is 0 Å². The molecule has 0 saturated carbocycles. The van der Waals surface area contributed by atoms with Gasteiger partial charge < -0.3 is 19.5 Å². The summed E-state index contributed by atoms with van der Waals surface area (Å²) in [5.74, 6) is 1.46. The number of fused-ring (bicyclic) bond motifs is 1. The number of aromatic nitrogens is 3. The SMILES string of the molecule is CCn1cnnc1CNC(=O)N1CCOc2cc(N(C)C)ccc21. The molecule has 0 bridgehead atoms. The van der Waals surface area contributed by atoms with Crippen LogP contribution in [0.25, 0.3) is 0 Å². The van der Waals surface area contributed by atoms with E-state index in [1.807, 2.05) is 48.7 Å². The molecule has 3 rings (SSSR count). The number of hydrogen-bond donors (Lipinski definition) is 1. The van der Waals surface area contributed by atoms with Gasteiger partial charge in [0.15, 0.2) is 5.82 Å². The Morgan fingerprint density at radius 2 is 2.25 bits per heavy atom. The van der Waals surface area contributed by atoms with Crippen molar-refractivity contribution in [3.63, 3.8) is 0 Å². The smallest absolute Gasteiger partial charge is 0.322 e. The number of benzene rings is 1. The van der Waals surface area contributed by atoms with Crippen molar-refractivity contribution in [3.8, 4) is 5.75 Å². The first-order valence-electron chi connectivity index (χ1n) is 7.96. The molecule has 8 heteroatoms. The highest BCUT2D eigenvalue weighted by Crippen LogP contribution is 2.34. The topological polar surface area (TPSA) is 75.5 Å². The molecule has 1 aliphatic rings. The normalized spacial score (nSPS) is 13.2.